The first-order valence-electron chi connectivity index (χ1n) is 6.42. The average Bonchev–Trinajstić information content (AvgIpc) is 3.18. The number of nitrogens with zero attached hydrogens (tertiary/aromatic N) is 1. The summed E-state index contributed by atoms with van der Waals surface area (Å²) in [6.07, 6.45) is 2.91. The summed E-state index contributed by atoms with van der Waals surface area (Å²) in [5, 5.41) is 0. The first-order chi connectivity index (χ1) is 8.61. The number of halogens is 1. The molecule has 2 rings (SSSR count). The van der Waals surface area contributed by atoms with E-state index in [1.165, 1.54) is 0 Å². The number of carbonyl (C=O) groups is 1. The molecule has 0 unspecified atom stereocenters. The smallest absolute Gasteiger partial charge is 0.240 e. The lowest BCUT2D eigenvalue weighted by atomic mass is 10.1. The third-order valence-electron chi connectivity index (χ3n) is 3.27. The predicted octanol–water partition coefficient (Wildman–Crippen LogP) is 2.68. The van der Waals surface area contributed by atoms with E-state index < -0.39 is 0 Å². The summed E-state index contributed by atoms with van der Waals surface area (Å²) in [6, 6.07) is 8.12. The molecule has 0 saturated heterocycles. The normalized spacial score (nSPS) is 16.4. The van der Waals surface area contributed by atoms with Gasteiger partial charge in [-0.2, -0.15) is 0 Å². The summed E-state index contributed by atoms with van der Waals surface area (Å²) in [5.41, 5.74) is 7.01. The van der Waals surface area contributed by atoms with E-state index in [4.69, 9.17) is 5.73 Å². The van der Waals surface area contributed by atoms with E-state index >= 15 is 0 Å². The molecule has 0 aromatic heterocycles. The molecule has 0 radical (unpaired) electrons. The fraction of sp³-hybridized carbons (Fsp3) is 0.500. The van der Waals surface area contributed by atoms with E-state index in [0.717, 1.165) is 22.9 Å². The summed E-state index contributed by atoms with van der Waals surface area (Å²) >= 11 is 3.46. The predicted molar refractivity (Wildman–Crippen MR) is 76.0 cm³/mol. The quantitative estimate of drug-likeness (QED) is 0.909. The second-order valence-corrected chi connectivity index (χ2v) is 5.76. The minimum absolute atomic E-state index is 0.0833. The molecule has 4 heteroatoms. The lowest BCUT2D eigenvalue weighted by Crippen LogP contribution is -2.44. The lowest BCUT2D eigenvalue weighted by Gasteiger charge is -2.25. The Balaban J connectivity index is 2.09. The largest absolute Gasteiger partial charge is 0.334 e. The third-order valence-corrected chi connectivity index (χ3v) is 3.76. The monoisotopic (exact) mass is 310 g/mol. The minimum Gasteiger partial charge on any atom is -0.334 e. The van der Waals surface area contributed by atoms with Crippen LogP contribution in [0.15, 0.2) is 28.7 Å². The van der Waals surface area contributed by atoms with Gasteiger partial charge in [0.1, 0.15) is 0 Å². The van der Waals surface area contributed by atoms with Gasteiger partial charge in [-0.3, -0.25) is 4.79 Å². The van der Waals surface area contributed by atoms with E-state index in [0.29, 0.717) is 19.0 Å². The Morgan fingerprint density at radius 2 is 2.28 bits per heavy atom. The number of nitrogens with two attached hydrogens (primary N) is 1. The molecule has 1 aliphatic rings. The summed E-state index contributed by atoms with van der Waals surface area (Å²) in [7, 11) is 0. The standard InChI is InChI=1S/C14H19BrN2O/c1-2-13(16)14(18)17(12-6-7-12)9-10-4-3-5-11(15)8-10/h3-5,8,12-13H,2,6-7,9,16H2,1H3/t13-/m0/s1. The van der Waals surface area contributed by atoms with Crippen molar-refractivity contribution in [1.29, 1.82) is 0 Å². The Labute approximate surface area is 116 Å². The van der Waals surface area contributed by atoms with Crippen LogP contribution < -0.4 is 5.73 Å². The molecule has 18 heavy (non-hydrogen) atoms. The molecule has 3 nitrogen and oxygen atoms in total. The van der Waals surface area contributed by atoms with Crippen LogP contribution in [0.3, 0.4) is 0 Å². The average molecular weight is 311 g/mol. The molecule has 0 aliphatic heterocycles. The molecular formula is C14H19BrN2O. The van der Waals surface area contributed by atoms with Crippen molar-refractivity contribution in [3.63, 3.8) is 0 Å². The maximum Gasteiger partial charge on any atom is 0.240 e. The van der Waals surface area contributed by atoms with E-state index in [-0.39, 0.29) is 11.9 Å². The van der Waals surface area contributed by atoms with Gasteiger partial charge in [0.2, 0.25) is 5.91 Å². The van der Waals surface area contributed by atoms with Crippen LogP contribution in [-0.2, 0) is 11.3 Å². The van der Waals surface area contributed by atoms with Crippen molar-refractivity contribution in [2.45, 2.75) is 44.8 Å². The zero-order valence-corrected chi connectivity index (χ0v) is 12.2. The van der Waals surface area contributed by atoms with Crippen molar-refractivity contribution in [2.24, 2.45) is 5.73 Å². The fourth-order valence-electron chi connectivity index (χ4n) is 1.99. The number of benzene rings is 1. The Morgan fingerprint density at radius 1 is 1.56 bits per heavy atom. The highest BCUT2D eigenvalue weighted by molar-refractivity contribution is 9.10. The number of hydrogen-bond donors (Lipinski definition) is 1. The molecule has 0 spiro atoms. The second-order valence-electron chi connectivity index (χ2n) is 4.84. The molecule has 1 aromatic carbocycles. The van der Waals surface area contributed by atoms with Crippen LogP contribution in [-0.4, -0.2) is 22.9 Å². The van der Waals surface area contributed by atoms with E-state index in [2.05, 4.69) is 22.0 Å². The van der Waals surface area contributed by atoms with E-state index in [1.54, 1.807) is 0 Å². The first kappa shape index (κ1) is 13.6. The van der Waals surface area contributed by atoms with Crippen LogP contribution in [0.2, 0.25) is 0 Å². The second kappa shape index (κ2) is 5.85. The van der Waals surface area contributed by atoms with Crippen molar-refractivity contribution in [1.82, 2.24) is 4.90 Å². The van der Waals surface area contributed by atoms with Crippen LogP contribution in [0, 0.1) is 0 Å². The summed E-state index contributed by atoms with van der Waals surface area (Å²) < 4.78 is 1.04. The van der Waals surface area contributed by atoms with Gasteiger partial charge in [-0.1, -0.05) is 35.0 Å². The minimum atomic E-state index is -0.363. The summed E-state index contributed by atoms with van der Waals surface area (Å²) in [6.45, 7) is 2.61. The maximum atomic E-state index is 12.2. The number of carbonyl (C=O) groups excluding carboxylic acids is 1. The van der Waals surface area contributed by atoms with Crippen molar-refractivity contribution < 1.29 is 4.79 Å². The molecule has 1 atom stereocenters. The molecule has 1 saturated carbocycles. The van der Waals surface area contributed by atoms with Crippen LogP contribution in [0.4, 0.5) is 0 Å². The van der Waals surface area contributed by atoms with Crippen molar-refractivity contribution in [3.8, 4) is 0 Å². The lowest BCUT2D eigenvalue weighted by molar-refractivity contribution is -0.133. The highest BCUT2D eigenvalue weighted by Crippen LogP contribution is 2.29. The molecular weight excluding hydrogens is 292 g/mol. The summed E-state index contributed by atoms with van der Waals surface area (Å²) in [4.78, 5) is 14.2. The molecule has 0 bridgehead atoms. The van der Waals surface area contributed by atoms with Gasteiger partial charge in [0.25, 0.3) is 0 Å². The molecule has 1 amide bonds. The summed E-state index contributed by atoms with van der Waals surface area (Å²) in [5.74, 6) is 0.0833. The highest BCUT2D eigenvalue weighted by atomic mass is 79.9. The van der Waals surface area contributed by atoms with Crippen LogP contribution in [0.1, 0.15) is 31.7 Å². The van der Waals surface area contributed by atoms with Gasteiger partial charge in [0, 0.05) is 17.1 Å². The van der Waals surface area contributed by atoms with Gasteiger partial charge >= 0.3 is 0 Å². The molecule has 2 N–H and O–H groups in total. The third kappa shape index (κ3) is 3.33. The fourth-order valence-corrected chi connectivity index (χ4v) is 2.44. The number of hydrogen-bond acceptors (Lipinski definition) is 2. The van der Waals surface area contributed by atoms with Crippen molar-refractivity contribution in [3.05, 3.63) is 34.3 Å². The molecule has 98 valence electrons. The van der Waals surface area contributed by atoms with E-state index in [1.807, 2.05) is 30.0 Å². The molecule has 0 heterocycles. The zero-order chi connectivity index (χ0) is 13.1. The molecule has 1 fully saturated rings. The first-order valence-corrected chi connectivity index (χ1v) is 7.21. The van der Waals surface area contributed by atoms with Crippen LogP contribution in [0.25, 0.3) is 0 Å². The van der Waals surface area contributed by atoms with Gasteiger partial charge in [0.15, 0.2) is 0 Å². The zero-order valence-electron chi connectivity index (χ0n) is 10.6. The maximum absolute atomic E-state index is 12.2. The van der Waals surface area contributed by atoms with Gasteiger partial charge in [-0.15, -0.1) is 0 Å². The van der Waals surface area contributed by atoms with Gasteiger partial charge in [0.05, 0.1) is 6.04 Å². The topological polar surface area (TPSA) is 46.3 Å². The van der Waals surface area contributed by atoms with E-state index in [9.17, 15) is 4.79 Å². The molecule has 1 aromatic rings. The van der Waals surface area contributed by atoms with Crippen LogP contribution >= 0.6 is 15.9 Å². The Hall–Kier alpha value is -0.870. The molecule has 1 aliphatic carbocycles. The van der Waals surface area contributed by atoms with Gasteiger partial charge in [-0.25, -0.2) is 0 Å². The Morgan fingerprint density at radius 3 is 2.83 bits per heavy atom. The highest BCUT2D eigenvalue weighted by Gasteiger charge is 2.34. The SMILES string of the molecule is CC[C@H](N)C(=O)N(Cc1cccc(Br)c1)C1CC1. The van der Waals surface area contributed by atoms with Crippen molar-refractivity contribution in [2.75, 3.05) is 0 Å². The number of amides is 1. The number of rotatable bonds is 5. The van der Waals surface area contributed by atoms with Crippen molar-refractivity contribution >= 4 is 21.8 Å². The Kier molecular flexibility index (Phi) is 4.40. The van der Waals surface area contributed by atoms with Crippen LogP contribution in [0.5, 0.6) is 0 Å². The van der Waals surface area contributed by atoms with Gasteiger partial charge < -0.3 is 10.6 Å². The Bertz CT molecular complexity index is 432. The van der Waals surface area contributed by atoms with Gasteiger partial charge in [-0.05, 0) is 37.0 Å².